The van der Waals surface area contributed by atoms with Crippen LogP contribution in [0.15, 0.2) is 17.2 Å². The number of nitrogens with one attached hydrogen (secondary N) is 1. The lowest BCUT2D eigenvalue weighted by Crippen LogP contribution is -2.31. The molecule has 0 saturated heterocycles. The maximum absolute atomic E-state index is 10.5. The molecule has 10 heavy (non-hydrogen) atoms. The van der Waals surface area contributed by atoms with Crippen molar-refractivity contribution in [1.82, 2.24) is 9.97 Å². The molecule has 1 heterocycles. The highest BCUT2D eigenvalue weighted by Gasteiger charge is 1.97. The van der Waals surface area contributed by atoms with E-state index in [4.69, 9.17) is 0 Å². The molecule has 0 atom stereocenters. The Morgan fingerprint density at radius 3 is 2.80 bits per heavy atom. The van der Waals surface area contributed by atoms with Crippen LogP contribution < -0.4 is 10.7 Å². The van der Waals surface area contributed by atoms with E-state index in [0.717, 1.165) is 0 Å². The number of aromatic nitrogens is 2. The van der Waals surface area contributed by atoms with E-state index in [9.17, 15) is 14.7 Å². The topological polar surface area (TPSA) is 85.9 Å². The largest absolute Gasteiger partial charge is 0.543 e. The summed E-state index contributed by atoms with van der Waals surface area (Å²) < 4.78 is 0. The SMILES string of the molecule is O=C([O-])c1ncc[nH]c1=O. The van der Waals surface area contributed by atoms with Crippen molar-refractivity contribution in [3.8, 4) is 0 Å². The number of carbonyl (C=O) groups excluding carboxylic acids is 1. The number of carboxylic acid groups (broad SMARTS) is 1. The summed E-state index contributed by atoms with van der Waals surface area (Å²) >= 11 is 0. The molecule has 0 amide bonds. The standard InChI is InChI=1S/C5H4N2O3/c8-4-3(5(9)10)6-1-2-7-4/h1-2H,(H,7,8)(H,9,10)/p-1. The zero-order chi connectivity index (χ0) is 7.56. The third-order valence-electron chi connectivity index (χ3n) is 0.901. The van der Waals surface area contributed by atoms with E-state index in [1.54, 1.807) is 0 Å². The molecule has 0 unspecified atom stereocenters. The van der Waals surface area contributed by atoms with Gasteiger partial charge in [0, 0.05) is 12.4 Å². The summed E-state index contributed by atoms with van der Waals surface area (Å²) in [6.07, 6.45) is 2.42. The molecule has 1 aromatic rings. The zero-order valence-electron chi connectivity index (χ0n) is 4.83. The summed E-state index contributed by atoms with van der Waals surface area (Å²) in [5.41, 5.74) is -1.34. The van der Waals surface area contributed by atoms with Crippen LogP contribution in [-0.4, -0.2) is 15.9 Å². The van der Waals surface area contributed by atoms with Gasteiger partial charge in [-0.25, -0.2) is 4.98 Å². The van der Waals surface area contributed by atoms with Crippen molar-refractivity contribution in [2.24, 2.45) is 0 Å². The van der Waals surface area contributed by atoms with Gasteiger partial charge >= 0.3 is 0 Å². The van der Waals surface area contributed by atoms with Gasteiger partial charge in [0.05, 0.1) is 5.97 Å². The third kappa shape index (κ3) is 1.02. The summed E-state index contributed by atoms with van der Waals surface area (Å²) in [4.78, 5) is 26.0. The molecule has 1 aromatic heterocycles. The molecule has 0 aromatic carbocycles. The predicted octanol–water partition coefficient (Wildman–Crippen LogP) is -1.87. The van der Waals surface area contributed by atoms with E-state index in [0.29, 0.717) is 0 Å². The highest BCUT2D eigenvalue weighted by atomic mass is 16.4. The molecule has 0 radical (unpaired) electrons. The second-order valence-electron chi connectivity index (χ2n) is 1.55. The fraction of sp³-hybridized carbons (Fsp3) is 0. The number of rotatable bonds is 1. The highest BCUT2D eigenvalue weighted by Crippen LogP contribution is 1.76. The number of aromatic amines is 1. The van der Waals surface area contributed by atoms with Crippen LogP contribution in [0.4, 0.5) is 0 Å². The lowest BCUT2D eigenvalue weighted by molar-refractivity contribution is -0.255. The van der Waals surface area contributed by atoms with Crippen LogP contribution >= 0.6 is 0 Å². The minimum atomic E-state index is -1.57. The van der Waals surface area contributed by atoms with E-state index in [-0.39, 0.29) is 0 Å². The van der Waals surface area contributed by atoms with E-state index in [1.165, 1.54) is 12.4 Å². The maximum Gasteiger partial charge on any atom is 0.275 e. The molecule has 1 N–H and O–H groups in total. The van der Waals surface area contributed by atoms with Crippen molar-refractivity contribution >= 4 is 5.97 Å². The molecule has 0 spiro atoms. The van der Waals surface area contributed by atoms with Gasteiger partial charge in [0.15, 0.2) is 5.69 Å². The van der Waals surface area contributed by atoms with E-state index >= 15 is 0 Å². The summed E-state index contributed by atoms with van der Waals surface area (Å²) in [6.45, 7) is 0. The highest BCUT2D eigenvalue weighted by molar-refractivity contribution is 5.82. The summed E-state index contributed by atoms with van der Waals surface area (Å²) in [6, 6.07) is 0. The van der Waals surface area contributed by atoms with Gasteiger partial charge in [-0.3, -0.25) is 4.79 Å². The molecule has 5 nitrogen and oxygen atoms in total. The van der Waals surface area contributed by atoms with Gasteiger partial charge in [0.25, 0.3) is 5.56 Å². The van der Waals surface area contributed by atoms with Crippen LogP contribution in [0.1, 0.15) is 10.5 Å². The van der Waals surface area contributed by atoms with Gasteiger partial charge in [0.1, 0.15) is 0 Å². The first-order valence-corrected chi connectivity index (χ1v) is 2.47. The predicted molar refractivity (Wildman–Crippen MR) is 29.2 cm³/mol. The molecule has 5 heteroatoms. The second-order valence-corrected chi connectivity index (χ2v) is 1.55. The Hall–Kier alpha value is -1.65. The number of carboxylic acids is 1. The smallest absolute Gasteiger partial charge is 0.275 e. The maximum atomic E-state index is 10.5. The molecule has 0 aliphatic carbocycles. The van der Waals surface area contributed by atoms with Crippen LogP contribution in [0, 0.1) is 0 Å². The first-order chi connectivity index (χ1) is 4.72. The number of hydrogen-bond acceptors (Lipinski definition) is 4. The molecular formula is C5H3N2O3-. The normalized spacial score (nSPS) is 9.20. The monoisotopic (exact) mass is 139 g/mol. The van der Waals surface area contributed by atoms with Crippen LogP contribution in [-0.2, 0) is 0 Å². The average Bonchev–Trinajstić information content (AvgIpc) is 1.88. The van der Waals surface area contributed by atoms with Gasteiger partial charge in [-0.2, -0.15) is 0 Å². The molecule has 0 aliphatic rings. The Morgan fingerprint density at radius 1 is 1.70 bits per heavy atom. The van der Waals surface area contributed by atoms with Crippen LogP contribution in [0.5, 0.6) is 0 Å². The van der Waals surface area contributed by atoms with Crippen molar-refractivity contribution in [2.75, 3.05) is 0 Å². The first kappa shape index (κ1) is 6.47. The molecule has 0 bridgehead atoms. The van der Waals surface area contributed by atoms with Crippen molar-refractivity contribution in [3.05, 3.63) is 28.4 Å². The minimum absolute atomic E-state index is 0.595. The van der Waals surface area contributed by atoms with Crippen molar-refractivity contribution < 1.29 is 9.90 Å². The lowest BCUT2D eigenvalue weighted by Gasteiger charge is -1.95. The van der Waals surface area contributed by atoms with Gasteiger partial charge in [-0.05, 0) is 0 Å². The molecule has 0 aliphatic heterocycles. The van der Waals surface area contributed by atoms with Crippen LogP contribution in [0.25, 0.3) is 0 Å². The Bertz CT molecular complexity index is 304. The van der Waals surface area contributed by atoms with Crippen molar-refractivity contribution in [1.29, 1.82) is 0 Å². The fourth-order valence-corrected chi connectivity index (χ4v) is 0.497. The number of aromatic carboxylic acids is 1. The van der Waals surface area contributed by atoms with Gasteiger partial charge in [-0.1, -0.05) is 0 Å². The van der Waals surface area contributed by atoms with Crippen molar-refractivity contribution in [3.63, 3.8) is 0 Å². The van der Waals surface area contributed by atoms with Gasteiger partial charge < -0.3 is 14.9 Å². The van der Waals surface area contributed by atoms with Crippen LogP contribution in [0.3, 0.4) is 0 Å². The molecule has 0 saturated carbocycles. The zero-order valence-corrected chi connectivity index (χ0v) is 4.83. The Labute approximate surface area is 55.4 Å². The quantitative estimate of drug-likeness (QED) is 0.494. The summed E-state index contributed by atoms with van der Waals surface area (Å²) in [7, 11) is 0. The fourth-order valence-electron chi connectivity index (χ4n) is 0.497. The van der Waals surface area contributed by atoms with E-state index in [1.807, 2.05) is 0 Å². The summed E-state index contributed by atoms with van der Waals surface area (Å²) in [5.74, 6) is -1.57. The van der Waals surface area contributed by atoms with Crippen LogP contribution in [0.2, 0.25) is 0 Å². The second kappa shape index (κ2) is 2.30. The molecule has 1 rings (SSSR count). The molecular weight excluding hydrogens is 136 g/mol. The van der Waals surface area contributed by atoms with Crippen molar-refractivity contribution in [2.45, 2.75) is 0 Å². The van der Waals surface area contributed by atoms with E-state index < -0.39 is 17.2 Å². The van der Waals surface area contributed by atoms with Gasteiger partial charge in [0.2, 0.25) is 0 Å². The summed E-state index contributed by atoms with van der Waals surface area (Å²) in [5, 5.41) is 10.0. The number of H-pyrrole nitrogens is 1. The van der Waals surface area contributed by atoms with E-state index in [2.05, 4.69) is 9.97 Å². The lowest BCUT2D eigenvalue weighted by atomic mass is 10.4. The Morgan fingerprint density at radius 2 is 2.40 bits per heavy atom. The minimum Gasteiger partial charge on any atom is -0.543 e. The Kier molecular flexibility index (Phi) is 1.49. The number of carbonyl (C=O) groups is 1. The number of nitrogens with zero attached hydrogens (tertiary/aromatic N) is 1. The average molecular weight is 139 g/mol. The van der Waals surface area contributed by atoms with Gasteiger partial charge in [-0.15, -0.1) is 0 Å². The first-order valence-electron chi connectivity index (χ1n) is 2.47. The molecule has 0 fully saturated rings. The Balaban J connectivity index is 3.29. The number of hydrogen-bond donors (Lipinski definition) is 1. The third-order valence-corrected chi connectivity index (χ3v) is 0.901. The molecule has 52 valence electrons.